The molecule has 0 aliphatic rings. The highest BCUT2D eigenvalue weighted by Crippen LogP contribution is 2.21. The van der Waals surface area contributed by atoms with Crippen LogP contribution in [0.25, 0.3) is 0 Å². The summed E-state index contributed by atoms with van der Waals surface area (Å²) in [6, 6.07) is 9.75. The van der Waals surface area contributed by atoms with Gasteiger partial charge >= 0.3 is 0 Å². The number of nitrogens with two attached hydrogens (primary N) is 1. The average Bonchev–Trinajstić information content (AvgIpc) is 2.42. The Morgan fingerprint density at radius 3 is 2.79 bits per heavy atom. The number of rotatable bonds is 5. The first-order valence-corrected chi connectivity index (χ1v) is 6.19. The number of nitrogen functional groups attached to an aromatic ring is 1. The third-order valence-corrected chi connectivity index (χ3v) is 2.97. The van der Waals surface area contributed by atoms with Gasteiger partial charge in [0.2, 0.25) is 0 Å². The van der Waals surface area contributed by atoms with E-state index in [-0.39, 0.29) is 0 Å². The zero-order valence-corrected chi connectivity index (χ0v) is 11.3. The standard InChI is InChI=1S/C15H19N3O/c1-18(10-12-4-3-7-17-9-12)11-13-8-14(19-2)5-6-15(13)16/h3-9H,10-11,16H2,1-2H3. The maximum Gasteiger partial charge on any atom is 0.119 e. The van der Waals surface area contributed by atoms with Gasteiger partial charge in [0.05, 0.1) is 7.11 Å². The molecule has 0 bridgehead atoms. The minimum Gasteiger partial charge on any atom is -0.497 e. The minimum absolute atomic E-state index is 0.776. The molecule has 0 fully saturated rings. The van der Waals surface area contributed by atoms with Gasteiger partial charge in [-0.2, -0.15) is 0 Å². The minimum atomic E-state index is 0.776. The number of benzene rings is 1. The van der Waals surface area contributed by atoms with Gasteiger partial charge in [-0.3, -0.25) is 9.88 Å². The smallest absolute Gasteiger partial charge is 0.119 e. The molecule has 0 unspecified atom stereocenters. The Balaban J connectivity index is 2.04. The second-order valence-corrected chi connectivity index (χ2v) is 4.60. The fourth-order valence-electron chi connectivity index (χ4n) is 2.00. The van der Waals surface area contributed by atoms with E-state index < -0.39 is 0 Å². The van der Waals surface area contributed by atoms with Crippen LogP contribution in [0.5, 0.6) is 5.75 Å². The van der Waals surface area contributed by atoms with Crippen LogP contribution in [0, 0.1) is 0 Å². The molecule has 19 heavy (non-hydrogen) atoms. The fourth-order valence-corrected chi connectivity index (χ4v) is 2.00. The first-order chi connectivity index (χ1) is 9.19. The lowest BCUT2D eigenvalue weighted by Gasteiger charge is -2.18. The van der Waals surface area contributed by atoms with Crippen LogP contribution in [0.2, 0.25) is 0 Å². The lowest BCUT2D eigenvalue weighted by molar-refractivity contribution is 0.318. The molecular weight excluding hydrogens is 238 g/mol. The number of aromatic nitrogens is 1. The van der Waals surface area contributed by atoms with Crippen molar-refractivity contribution >= 4 is 5.69 Å². The van der Waals surface area contributed by atoms with Crippen molar-refractivity contribution in [1.82, 2.24) is 9.88 Å². The largest absolute Gasteiger partial charge is 0.497 e. The molecule has 2 aromatic rings. The van der Waals surface area contributed by atoms with Crippen LogP contribution in [-0.2, 0) is 13.1 Å². The topological polar surface area (TPSA) is 51.4 Å². The van der Waals surface area contributed by atoms with Gasteiger partial charge in [0.15, 0.2) is 0 Å². The quantitative estimate of drug-likeness (QED) is 0.835. The van der Waals surface area contributed by atoms with Gasteiger partial charge in [0, 0.05) is 31.2 Å². The molecule has 0 aliphatic heterocycles. The summed E-state index contributed by atoms with van der Waals surface area (Å²) in [5.74, 6) is 0.832. The van der Waals surface area contributed by atoms with Gasteiger partial charge < -0.3 is 10.5 Å². The predicted molar refractivity (Wildman–Crippen MR) is 76.8 cm³/mol. The molecule has 2 N–H and O–H groups in total. The fraction of sp³-hybridized carbons (Fsp3) is 0.267. The van der Waals surface area contributed by atoms with Crippen molar-refractivity contribution in [2.45, 2.75) is 13.1 Å². The number of pyridine rings is 1. The van der Waals surface area contributed by atoms with E-state index in [1.54, 1.807) is 13.3 Å². The molecule has 4 nitrogen and oxygen atoms in total. The van der Waals surface area contributed by atoms with Gasteiger partial charge in [-0.1, -0.05) is 6.07 Å². The summed E-state index contributed by atoms with van der Waals surface area (Å²) < 4.78 is 5.23. The first-order valence-electron chi connectivity index (χ1n) is 6.19. The van der Waals surface area contributed by atoms with Gasteiger partial charge in [0.1, 0.15) is 5.75 Å². The third-order valence-electron chi connectivity index (χ3n) is 2.97. The van der Waals surface area contributed by atoms with Crippen molar-refractivity contribution in [2.75, 3.05) is 19.9 Å². The van der Waals surface area contributed by atoms with E-state index in [2.05, 4.69) is 23.0 Å². The SMILES string of the molecule is COc1ccc(N)c(CN(C)Cc2cccnc2)c1. The van der Waals surface area contributed by atoms with Crippen molar-refractivity contribution in [2.24, 2.45) is 0 Å². The molecule has 0 saturated heterocycles. The molecule has 0 radical (unpaired) electrons. The molecule has 0 amide bonds. The molecule has 0 spiro atoms. The van der Waals surface area contributed by atoms with Gasteiger partial charge in [-0.25, -0.2) is 0 Å². The van der Waals surface area contributed by atoms with Crippen LogP contribution in [0.3, 0.4) is 0 Å². The zero-order chi connectivity index (χ0) is 13.7. The summed E-state index contributed by atoms with van der Waals surface area (Å²) >= 11 is 0. The Morgan fingerprint density at radius 2 is 2.11 bits per heavy atom. The van der Waals surface area contributed by atoms with Crippen molar-refractivity contribution in [3.63, 3.8) is 0 Å². The van der Waals surface area contributed by atoms with Crippen LogP contribution in [-0.4, -0.2) is 24.0 Å². The van der Waals surface area contributed by atoms with Crippen molar-refractivity contribution in [1.29, 1.82) is 0 Å². The molecule has 0 atom stereocenters. The Labute approximate surface area is 113 Å². The van der Waals surface area contributed by atoms with Crippen LogP contribution in [0.15, 0.2) is 42.7 Å². The van der Waals surface area contributed by atoms with E-state index >= 15 is 0 Å². The summed E-state index contributed by atoms with van der Waals surface area (Å²) in [7, 11) is 3.72. The number of nitrogens with zero attached hydrogens (tertiary/aromatic N) is 2. The average molecular weight is 257 g/mol. The highest BCUT2D eigenvalue weighted by molar-refractivity contribution is 5.50. The van der Waals surface area contributed by atoms with E-state index in [9.17, 15) is 0 Å². The molecule has 1 aromatic heterocycles. The lowest BCUT2D eigenvalue weighted by Crippen LogP contribution is -2.18. The number of ether oxygens (including phenoxy) is 1. The molecule has 2 rings (SSSR count). The summed E-state index contributed by atoms with van der Waals surface area (Å²) in [6.45, 7) is 1.61. The van der Waals surface area contributed by atoms with Crippen LogP contribution < -0.4 is 10.5 Å². The summed E-state index contributed by atoms with van der Waals surface area (Å²) in [5, 5.41) is 0. The number of methoxy groups -OCH3 is 1. The maximum absolute atomic E-state index is 5.99. The number of hydrogen-bond donors (Lipinski definition) is 1. The van der Waals surface area contributed by atoms with E-state index in [1.807, 2.05) is 30.5 Å². The number of hydrogen-bond acceptors (Lipinski definition) is 4. The third kappa shape index (κ3) is 3.69. The van der Waals surface area contributed by atoms with Gasteiger partial charge in [-0.15, -0.1) is 0 Å². The summed E-state index contributed by atoms with van der Waals surface area (Å²) in [5.41, 5.74) is 9.04. The van der Waals surface area contributed by atoms with Crippen molar-refractivity contribution in [3.05, 3.63) is 53.9 Å². The van der Waals surface area contributed by atoms with Crippen molar-refractivity contribution in [3.8, 4) is 5.75 Å². The summed E-state index contributed by atoms with van der Waals surface area (Å²) in [4.78, 5) is 6.31. The van der Waals surface area contributed by atoms with E-state index in [4.69, 9.17) is 10.5 Å². The molecule has 0 saturated carbocycles. The second kappa shape index (κ2) is 6.20. The highest BCUT2D eigenvalue weighted by Gasteiger charge is 2.06. The van der Waals surface area contributed by atoms with E-state index in [1.165, 1.54) is 5.56 Å². The molecule has 100 valence electrons. The molecular formula is C15H19N3O. The highest BCUT2D eigenvalue weighted by atomic mass is 16.5. The molecule has 4 heteroatoms. The van der Waals surface area contributed by atoms with Crippen LogP contribution >= 0.6 is 0 Å². The molecule has 0 aliphatic carbocycles. The maximum atomic E-state index is 5.99. The van der Waals surface area contributed by atoms with Gasteiger partial charge in [-0.05, 0) is 42.4 Å². The lowest BCUT2D eigenvalue weighted by atomic mass is 10.1. The monoisotopic (exact) mass is 257 g/mol. The molecule has 1 heterocycles. The van der Waals surface area contributed by atoms with Crippen LogP contribution in [0.4, 0.5) is 5.69 Å². The van der Waals surface area contributed by atoms with Crippen molar-refractivity contribution < 1.29 is 4.74 Å². The van der Waals surface area contributed by atoms with E-state index in [0.29, 0.717) is 0 Å². The Hall–Kier alpha value is -2.07. The summed E-state index contributed by atoms with van der Waals surface area (Å²) in [6.07, 6.45) is 3.66. The zero-order valence-electron chi connectivity index (χ0n) is 11.3. The Morgan fingerprint density at radius 1 is 1.26 bits per heavy atom. The number of anilines is 1. The Bertz CT molecular complexity index is 528. The van der Waals surface area contributed by atoms with Crippen LogP contribution in [0.1, 0.15) is 11.1 Å². The predicted octanol–water partition coefficient (Wildman–Crippen LogP) is 2.30. The Kier molecular flexibility index (Phi) is 4.36. The van der Waals surface area contributed by atoms with Gasteiger partial charge in [0.25, 0.3) is 0 Å². The normalized spacial score (nSPS) is 10.7. The molecule has 1 aromatic carbocycles. The van der Waals surface area contributed by atoms with E-state index in [0.717, 1.165) is 30.1 Å². The second-order valence-electron chi connectivity index (χ2n) is 4.60. The first kappa shape index (κ1) is 13.4.